The van der Waals surface area contributed by atoms with E-state index >= 15 is 0 Å². The van der Waals surface area contributed by atoms with Crippen LogP contribution in [0.2, 0.25) is 5.02 Å². The molecule has 2 aromatic rings. The molecule has 1 aromatic carbocycles. The van der Waals surface area contributed by atoms with Crippen LogP contribution in [-0.4, -0.2) is 19.6 Å². The zero-order valence-electron chi connectivity index (χ0n) is 17.2. The summed E-state index contributed by atoms with van der Waals surface area (Å²) in [7, 11) is -3.96. The number of aliphatic hydroxyl groups is 1. The van der Waals surface area contributed by atoms with Gasteiger partial charge in [-0.25, -0.2) is 13.2 Å². The molecule has 0 aliphatic rings. The Bertz CT molecular complexity index is 1060. The smallest absolute Gasteiger partial charge is 0.271 e. The van der Waals surface area contributed by atoms with Gasteiger partial charge in [0.25, 0.3) is 10.0 Å². The first kappa shape index (κ1) is 23.6. The molecule has 0 aliphatic carbocycles. The number of carbonyl (C=O) groups excluding carboxylic acids is 1. The van der Waals surface area contributed by atoms with Crippen molar-refractivity contribution in [2.75, 3.05) is 4.72 Å². The monoisotopic (exact) mass is 456 g/mol. The lowest BCUT2D eigenvalue weighted by molar-refractivity contribution is 0.0825. The van der Waals surface area contributed by atoms with E-state index in [-0.39, 0.29) is 26.8 Å². The number of thiophene rings is 1. The molecule has 0 fully saturated rings. The molecule has 158 valence electrons. The van der Waals surface area contributed by atoms with Gasteiger partial charge in [0.2, 0.25) is 6.08 Å². The van der Waals surface area contributed by atoms with Gasteiger partial charge in [-0.15, -0.1) is 11.3 Å². The fourth-order valence-electron chi connectivity index (χ4n) is 2.93. The van der Waals surface area contributed by atoms with Crippen molar-refractivity contribution in [3.63, 3.8) is 0 Å². The average Bonchev–Trinajstić information content (AvgIpc) is 3.08. The molecule has 0 unspecified atom stereocenters. The summed E-state index contributed by atoms with van der Waals surface area (Å²) < 4.78 is 28.6. The quantitative estimate of drug-likeness (QED) is 0.416. The van der Waals surface area contributed by atoms with E-state index in [9.17, 15) is 18.3 Å². The van der Waals surface area contributed by atoms with Crippen molar-refractivity contribution in [1.82, 2.24) is 0 Å². The van der Waals surface area contributed by atoms with Crippen molar-refractivity contribution in [3.8, 4) is 0 Å². The molecule has 6 nitrogen and oxygen atoms in total. The standard InChI is InChI=1S/C20H25ClN2O4S2/c1-11(2)13-9-14(21)19(17(12(3)4)18(13)22-10-24)23-29(26,27)16-8-7-15(28-16)20(5,6)25/h7-9,11-12,23,25H,1-6H3. The number of isocyanates is 1. The van der Waals surface area contributed by atoms with Crippen LogP contribution in [0.4, 0.5) is 11.4 Å². The van der Waals surface area contributed by atoms with Crippen molar-refractivity contribution in [3.05, 3.63) is 39.2 Å². The lowest BCUT2D eigenvalue weighted by Crippen LogP contribution is -2.15. The van der Waals surface area contributed by atoms with Crippen LogP contribution in [0.3, 0.4) is 0 Å². The Morgan fingerprint density at radius 1 is 1.21 bits per heavy atom. The summed E-state index contributed by atoms with van der Waals surface area (Å²) in [5.41, 5.74) is 0.704. The SMILES string of the molecule is CC(C)c1cc(Cl)c(NS(=O)(=O)c2ccc(C(C)(C)O)s2)c(C(C)C)c1N=C=O. The normalized spacial score (nSPS) is 12.3. The number of hydrogen-bond donors (Lipinski definition) is 2. The molecule has 0 amide bonds. The number of sulfonamides is 1. The van der Waals surface area contributed by atoms with Crippen LogP contribution in [0.5, 0.6) is 0 Å². The van der Waals surface area contributed by atoms with Crippen molar-refractivity contribution >= 4 is 50.4 Å². The summed E-state index contributed by atoms with van der Waals surface area (Å²) >= 11 is 7.44. The van der Waals surface area contributed by atoms with E-state index in [1.54, 1.807) is 32.1 Å². The third kappa shape index (κ3) is 5.08. The van der Waals surface area contributed by atoms with Crippen LogP contribution in [0.15, 0.2) is 27.4 Å². The first-order valence-corrected chi connectivity index (χ1v) is 11.8. The van der Waals surface area contributed by atoms with Gasteiger partial charge in [-0.3, -0.25) is 4.72 Å². The maximum atomic E-state index is 13.0. The maximum absolute atomic E-state index is 13.0. The van der Waals surface area contributed by atoms with Crippen LogP contribution in [-0.2, 0) is 20.4 Å². The number of rotatable bonds is 7. The molecule has 29 heavy (non-hydrogen) atoms. The molecule has 2 rings (SSSR count). The molecular weight excluding hydrogens is 432 g/mol. The summed E-state index contributed by atoms with van der Waals surface area (Å²) in [4.78, 5) is 15.4. The summed E-state index contributed by atoms with van der Waals surface area (Å²) in [6.07, 6.45) is 1.56. The highest BCUT2D eigenvalue weighted by atomic mass is 35.5. The van der Waals surface area contributed by atoms with Crippen LogP contribution in [0.1, 0.15) is 69.4 Å². The topological polar surface area (TPSA) is 95.8 Å². The number of nitrogens with zero attached hydrogens (tertiary/aromatic N) is 1. The van der Waals surface area contributed by atoms with Gasteiger partial charge in [0, 0.05) is 10.4 Å². The fourth-order valence-corrected chi connectivity index (χ4v) is 5.66. The Morgan fingerprint density at radius 2 is 1.83 bits per heavy atom. The average molecular weight is 457 g/mol. The van der Waals surface area contributed by atoms with Crippen molar-refractivity contribution in [1.29, 1.82) is 0 Å². The first-order chi connectivity index (χ1) is 13.3. The molecule has 9 heteroatoms. The maximum Gasteiger partial charge on any atom is 0.271 e. The highest BCUT2D eigenvalue weighted by molar-refractivity contribution is 7.94. The summed E-state index contributed by atoms with van der Waals surface area (Å²) in [6, 6.07) is 4.65. The van der Waals surface area contributed by atoms with E-state index in [0.717, 1.165) is 16.9 Å². The molecule has 1 aromatic heterocycles. The van der Waals surface area contributed by atoms with E-state index < -0.39 is 15.6 Å². The van der Waals surface area contributed by atoms with Crippen LogP contribution >= 0.6 is 22.9 Å². The third-order valence-corrected chi connectivity index (χ3v) is 7.90. The van der Waals surface area contributed by atoms with Crippen LogP contribution < -0.4 is 4.72 Å². The van der Waals surface area contributed by atoms with Gasteiger partial charge in [0.15, 0.2) is 0 Å². The second kappa shape index (κ2) is 8.58. The minimum absolute atomic E-state index is 0.0226. The van der Waals surface area contributed by atoms with Gasteiger partial charge in [0.05, 0.1) is 22.0 Å². The highest BCUT2D eigenvalue weighted by Gasteiger charge is 2.27. The van der Waals surface area contributed by atoms with Gasteiger partial charge in [-0.05, 0) is 49.4 Å². The van der Waals surface area contributed by atoms with E-state index in [1.165, 1.54) is 6.07 Å². The van der Waals surface area contributed by atoms with Crippen molar-refractivity contribution in [2.24, 2.45) is 4.99 Å². The molecule has 0 spiro atoms. The molecule has 0 radical (unpaired) electrons. The van der Waals surface area contributed by atoms with E-state index in [1.807, 2.05) is 27.7 Å². The largest absolute Gasteiger partial charge is 0.385 e. The Hall–Kier alpha value is -1.70. The number of hydrogen-bond acceptors (Lipinski definition) is 6. The van der Waals surface area contributed by atoms with Crippen LogP contribution in [0.25, 0.3) is 0 Å². The number of halogens is 1. The van der Waals surface area contributed by atoms with Crippen LogP contribution in [0, 0.1) is 0 Å². The summed E-state index contributed by atoms with van der Waals surface area (Å²) in [5, 5.41) is 10.3. The molecule has 0 aliphatic heterocycles. The van der Waals surface area contributed by atoms with Gasteiger partial charge in [-0.1, -0.05) is 39.3 Å². The minimum Gasteiger partial charge on any atom is -0.385 e. The van der Waals surface area contributed by atoms with E-state index in [2.05, 4.69) is 9.71 Å². The molecule has 0 atom stereocenters. The Morgan fingerprint density at radius 3 is 2.28 bits per heavy atom. The predicted octanol–water partition coefficient (Wildman–Crippen LogP) is 5.64. The molecule has 1 heterocycles. The molecule has 0 saturated carbocycles. The molecule has 0 saturated heterocycles. The fraction of sp³-hybridized carbons (Fsp3) is 0.450. The van der Waals surface area contributed by atoms with E-state index in [0.29, 0.717) is 16.1 Å². The van der Waals surface area contributed by atoms with Crippen molar-refractivity contribution in [2.45, 2.75) is 63.2 Å². The minimum atomic E-state index is -3.96. The molecule has 2 N–H and O–H groups in total. The van der Waals surface area contributed by atoms with Gasteiger partial charge in [0.1, 0.15) is 4.21 Å². The van der Waals surface area contributed by atoms with Gasteiger partial charge < -0.3 is 5.11 Å². The second-order valence-electron chi connectivity index (χ2n) is 7.88. The Labute approximate surface area is 180 Å². The number of anilines is 1. The van der Waals surface area contributed by atoms with E-state index in [4.69, 9.17) is 11.6 Å². The summed E-state index contributed by atoms with van der Waals surface area (Å²) in [5.74, 6) is -0.138. The first-order valence-electron chi connectivity index (χ1n) is 9.09. The number of nitrogens with one attached hydrogen (secondary N) is 1. The molecular formula is C20H25ClN2O4S2. The number of aliphatic imine (C=N–C) groups is 1. The van der Waals surface area contributed by atoms with Crippen molar-refractivity contribution < 1.29 is 18.3 Å². The van der Waals surface area contributed by atoms with Gasteiger partial charge in [-0.2, -0.15) is 4.99 Å². The highest BCUT2D eigenvalue weighted by Crippen LogP contribution is 2.44. The number of benzene rings is 1. The Balaban J connectivity index is 2.67. The molecule has 0 bridgehead atoms. The Kier molecular flexibility index (Phi) is 6.97. The lowest BCUT2D eigenvalue weighted by atomic mass is 9.91. The third-order valence-electron chi connectivity index (χ3n) is 4.36. The zero-order valence-corrected chi connectivity index (χ0v) is 19.6. The lowest BCUT2D eigenvalue weighted by Gasteiger charge is -2.22. The van der Waals surface area contributed by atoms with Gasteiger partial charge >= 0.3 is 0 Å². The predicted molar refractivity (Wildman–Crippen MR) is 118 cm³/mol. The second-order valence-corrected chi connectivity index (χ2v) is 11.3. The zero-order chi connectivity index (χ0) is 22.1. The summed E-state index contributed by atoms with van der Waals surface area (Å²) in [6.45, 7) is 10.8.